The minimum absolute atomic E-state index is 0.113. The van der Waals surface area contributed by atoms with Crippen molar-refractivity contribution in [2.45, 2.75) is 50.0 Å². The van der Waals surface area contributed by atoms with Crippen molar-refractivity contribution in [2.24, 2.45) is 0 Å². The van der Waals surface area contributed by atoms with Crippen LogP contribution in [0.2, 0.25) is 0 Å². The fourth-order valence-corrected chi connectivity index (χ4v) is 3.87. The molecule has 138 valence electrons. The summed E-state index contributed by atoms with van der Waals surface area (Å²) < 4.78 is 5.37. The molecule has 6 nitrogen and oxygen atoms in total. The number of carbonyl (C=O) groups is 1. The molecule has 0 unspecified atom stereocenters. The van der Waals surface area contributed by atoms with Crippen LogP contribution in [0.4, 0.5) is 0 Å². The van der Waals surface area contributed by atoms with E-state index in [1.165, 1.54) is 0 Å². The number of carboxylic acid groups (broad SMARTS) is 1. The third kappa shape index (κ3) is 5.23. The van der Waals surface area contributed by atoms with Crippen molar-refractivity contribution in [1.82, 2.24) is 9.88 Å². The lowest BCUT2D eigenvalue weighted by atomic mass is 9.90. The van der Waals surface area contributed by atoms with Gasteiger partial charge in [0.05, 0.1) is 12.0 Å². The topological polar surface area (TPSA) is 82.9 Å². The molecular formula is C19H28N2O4. The minimum atomic E-state index is -0.791. The highest BCUT2D eigenvalue weighted by Gasteiger charge is 2.34. The predicted molar refractivity (Wildman–Crippen MR) is 93.6 cm³/mol. The van der Waals surface area contributed by atoms with Crippen LogP contribution in [0.25, 0.3) is 0 Å². The van der Waals surface area contributed by atoms with Crippen molar-refractivity contribution in [2.75, 3.05) is 32.8 Å². The van der Waals surface area contributed by atoms with E-state index in [1.807, 2.05) is 18.2 Å². The summed E-state index contributed by atoms with van der Waals surface area (Å²) in [6.45, 7) is 3.89. The number of aliphatic hydroxyl groups is 1. The van der Waals surface area contributed by atoms with Gasteiger partial charge in [0.15, 0.2) is 0 Å². The molecule has 3 rings (SSSR count). The zero-order valence-electron chi connectivity index (χ0n) is 14.7. The van der Waals surface area contributed by atoms with Crippen molar-refractivity contribution >= 4 is 5.97 Å². The fourth-order valence-electron chi connectivity index (χ4n) is 3.87. The Labute approximate surface area is 148 Å². The van der Waals surface area contributed by atoms with Crippen LogP contribution in [-0.2, 0) is 16.0 Å². The van der Waals surface area contributed by atoms with Crippen molar-refractivity contribution in [3.63, 3.8) is 0 Å². The van der Waals surface area contributed by atoms with Gasteiger partial charge in [-0.15, -0.1) is 0 Å². The molecule has 0 amide bonds. The van der Waals surface area contributed by atoms with Crippen molar-refractivity contribution in [3.8, 4) is 0 Å². The first-order valence-corrected chi connectivity index (χ1v) is 9.24. The molecule has 2 N–H and O–H groups in total. The van der Waals surface area contributed by atoms with Gasteiger partial charge in [0.25, 0.3) is 0 Å². The number of ether oxygens (including phenoxy) is 1. The molecule has 2 saturated heterocycles. The smallest absolute Gasteiger partial charge is 0.303 e. The minimum Gasteiger partial charge on any atom is -0.481 e. The van der Waals surface area contributed by atoms with Gasteiger partial charge in [-0.1, -0.05) is 6.07 Å². The lowest BCUT2D eigenvalue weighted by Gasteiger charge is -2.40. The normalized spacial score (nSPS) is 24.1. The summed E-state index contributed by atoms with van der Waals surface area (Å²) >= 11 is 0. The molecule has 0 spiro atoms. The van der Waals surface area contributed by atoms with E-state index in [0.717, 1.165) is 37.3 Å². The molecule has 3 heterocycles. The molecule has 0 saturated carbocycles. The number of rotatable bonds is 6. The van der Waals surface area contributed by atoms with Crippen LogP contribution >= 0.6 is 0 Å². The Kier molecular flexibility index (Phi) is 6.04. The zero-order valence-corrected chi connectivity index (χ0v) is 14.7. The highest BCUT2D eigenvalue weighted by molar-refractivity contribution is 5.66. The number of piperidine rings is 1. The van der Waals surface area contributed by atoms with Crippen molar-refractivity contribution in [1.29, 1.82) is 0 Å². The number of likely N-dealkylation sites (tertiary alicyclic amines) is 1. The fraction of sp³-hybridized carbons (Fsp3) is 0.684. The number of hydrogen-bond acceptors (Lipinski definition) is 5. The quantitative estimate of drug-likeness (QED) is 0.816. The Hall–Kier alpha value is -1.50. The van der Waals surface area contributed by atoms with Gasteiger partial charge in [0, 0.05) is 62.9 Å². The van der Waals surface area contributed by atoms with Gasteiger partial charge in [-0.25, -0.2) is 0 Å². The van der Waals surface area contributed by atoms with Gasteiger partial charge >= 0.3 is 5.97 Å². The maximum atomic E-state index is 10.8. The predicted octanol–water partition coefficient (Wildman–Crippen LogP) is 1.82. The number of aryl methyl sites for hydroxylation is 1. The van der Waals surface area contributed by atoms with E-state index in [4.69, 9.17) is 14.8 Å². The molecule has 0 bridgehead atoms. The van der Waals surface area contributed by atoms with E-state index in [9.17, 15) is 9.90 Å². The number of hydrogen-bond donors (Lipinski definition) is 2. The van der Waals surface area contributed by atoms with Crippen LogP contribution in [0.5, 0.6) is 0 Å². The summed E-state index contributed by atoms with van der Waals surface area (Å²) in [7, 11) is 0. The lowest BCUT2D eigenvalue weighted by Crippen LogP contribution is -2.49. The van der Waals surface area contributed by atoms with Crippen molar-refractivity contribution < 1.29 is 19.7 Å². The number of aliphatic carboxylic acids is 1. The van der Waals surface area contributed by atoms with E-state index in [-0.39, 0.29) is 6.42 Å². The molecule has 2 fully saturated rings. The number of carboxylic acids is 1. The maximum absolute atomic E-state index is 10.8. The molecule has 1 atom stereocenters. The summed E-state index contributed by atoms with van der Waals surface area (Å²) in [6, 6.07) is 5.92. The standard InChI is InChI=1S/C19H28N2O4/c22-18(23)7-6-16-4-1-5-17(20-16)15-3-2-10-21(13-15)14-19(24)8-11-25-12-9-19/h1,4-5,15,24H,2-3,6-14H2,(H,22,23)/t15-/m1/s1. The Morgan fingerprint density at radius 2 is 2.16 bits per heavy atom. The first-order chi connectivity index (χ1) is 12.0. The van der Waals surface area contributed by atoms with Gasteiger partial charge in [-0.05, 0) is 31.5 Å². The average Bonchev–Trinajstić information content (AvgIpc) is 2.61. The van der Waals surface area contributed by atoms with Crippen LogP contribution in [0, 0.1) is 0 Å². The number of aromatic nitrogens is 1. The first kappa shape index (κ1) is 18.3. The summed E-state index contributed by atoms with van der Waals surface area (Å²) in [5, 5.41) is 19.6. The second-order valence-electron chi connectivity index (χ2n) is 7.36. The summed E-state index contributed by atoms with van der Waals surface area (Å²) in [5.74, 6) is -0.442. The third-order valence-corrected chi connectivity index (χ3v) is 5.29. The summed E-state index contributed by atoms with van der Waals surface area (Å²) in [4.78, 5) is 17.8. The lowest BCUT2D eigenvalue weighted by molar-refractivity contribution is -0.136. The molecule has 2 aliphatic rings. The molecule has 0 aliphatic carbocycles. The molecule has 2 aliphatic heterocycles. The van der Waals surface area contributed by atoms with Crippen LogP contribution in [0.3, 0.4) is 0 Å². The molecule has 1 aromatic rings. The van der Waals surface area contributed by atoms with Crippen LogP contribution in [-0.4, -0.2) is 64.5 Å². The largest absolute Gasteiger partial charge is 0.481 e. The monoisotopic (exact) mass is 348 g/mol. The number of β-amino-alcohol motifs (C(OH)–C–C–N with tert-alkyl or cyclic N) is 1. The highest BCUT2D eigenvalue weighted by atomic mass is 16.5. The van der Waals surface area contributed by atoms with Gasteiger partial charge in [-0.2, -0.15) is 0 Å². The highest BCUT2D eigenvalue weighted by Crippen LogP contribution is 2.29. The molecule has 0 aromatic carbocycles. The van der Waals surface area contributed by atoms with Crippen molar-refractivity contribution in [3.05, 3.63) is 29.6 Å². The molecule has 6 heteroatoms. The van der Waals surface area contributed by atoms with Crippen LogP contribution in [0.1, 0.15) is 49.4 Å². The van der Waals surface area contributed by atoms with E-state index in [0.29, 0.717) is 44.9 Å². The zero-order chi connectivity index (χ0) is 17.7. The van der Waals surface area contributed by atoms with Crippen LogP contribution in [0.15, 0.2) is 18.2 Å². The first-order valence-electron chi connectivity index (χ1n) is 9.24. The molecule has 0 radical (unpaired) electrons. The SMILES string of the molecule is O=C(O)CCc1cccc([C@@H]2CCCN(CC3(O)CCOCC3)C2)n1. The summed E-state index contributed by atoms with van der Waals surface area (Å²) in [5.41, 5.74) is 1.27. The van der Waals surface area contributed by atoms with E-state index >= 15 is 0 Å². The van der Waals surface area contributed by atoms with E-state index in [2.05, 4.69) is 4.90 Å². The second kappa shape index (κ2) is 8.25. The Morgan fingerprint density at radius 3 is 2.92 bits per heavy atom. The molecular weight excluding hydrogens is 320 g/mol. The van der Waals surface area contributed by atoms with Gasteiger partial charge in [0.2, 0.25) is 0 Å². The summed E-state index contributed by atoms with van der Waals surface area (Å²) in [6.07, 6.45) is 4.18. The Balaban J connectivity index is 1.61. The third-order valence-electron chi connectivity index (χ3n) is 5.29. The van der Waals surface area contributed by atoms with Gasteiger partial charge in [0.1, 0.15) is 0 Å². The van der Waals surface area contributed by atoms with E-state index < -0.39 is 11.6 Å². The Bertz CT molecular complexity index is 587. The average molecular weight is 348 g/mol. The van der Waals surface area contributed by atoms with E-state index in [1.54, 1.807) is 0 Å². The Morgan fingerprint density at radius 1 is 1.36 bits per heavy atom. The number of nitrogens with zero attached hydrogens (tertiary/aromatic N) is 2. The maximum Gasteiger partial charge on any atom is 0.303 e. The number of pyridine rings is 1. The van der Waals surface area contributed by atoms with Gasteiger partial charge in [-0.3, -0.25) is 14.7 Å². The molecule has 1 aromatic heterocycles. The molecule has 25 heavy (non-hydrogen) atoms. The van der Waals surface area contributed by atoms with Gasteiger partial charge < -0.3 is 14.9 Å². The van der Waals surface area contributed by atoms with Crippen LogP contribution < -0.4 is 0 Å². The second-order valence-corrected chi connectivity index (χ2v) is 7.36.